The average Bonchev–Trinajstić information content (AvgIpc) is 2.71. The van der Waals surface area contributed by atoms with E-state index in [1.54, 1.807) is 60.7 Å². The molecule has 2 amide bonds. The van der Waals surface area contributed by atoms with Gasteiger partial charge in [0.15, 0.2) is 0 Å². The number of nitrogens with zero attached hydrogens (tertiary/aromatic N) is 1. The molecule has 0 aliphatic heterocycles. The molecule has 0 bridgehead atoms. The summed E-state index contributed by atoms with van der Waals surface area (Å²) in [6, 6.07) is 21.2. The molecule has 29 heavy (non-hydrogen) atoms. The lowest BCUT2D eigenvalue weighted by Gasteiger charge is -2.06. The summed E-state index contributed by atoms with van der Waals surface area (Å²) in [5.41, 5.74) is 4.48. The van der Waals surface area contributed by atoms with E-state index in [-0.39, 0.29) is 0 Å². The Bertz CT molecular complexity index is 1030. The highest BCUT2D eigenvalue weighted by atomic mass is 35.5. The molecule has 0 atom stereocenters. The van der Waals surface area contributed by atoms with Crippen molar-refractivity contribution in [3.05, 3.63) is 88.9 Å². The molecule has 0 aromatic heterocycles. The van der Waals surface area contributed by atoms with E-state index in [1.165, 1.54) is 6.21 Å². The van der Waals surface area contributed by atoms with Gasteiger partial charge in [0, 0.05) is 10.7 Å². The average molecular weight is 408 g/mol. The first-order valence-corrected chi connectivity index (χ1v) is 9.12. The molecule has 0 saturated heterocycles. The summed E-state index contributed by atoms with van der Waals surface area (Å²) in [5.74, 6) is -0.425. The number of ether oxygens (including phenoxy) is 1. The first-order valence-electron chi connectivity index (χ1n) is 8.74. The molecule has 0 aliphatic rings. The molecule has 0 fully saturated rings. The van der Waals surface area contributed by atoms with E-state index < -0.39 is 11.8 Å². The molecular weight excluding hydrogens is 390 g/mol. The molecule has 0 heterocycles. The lowest BCUT2D eigenvalue weighted by atomic mass is 10.2. The van der Waals surface area contributed by atoms with Crippen LogP contribution in [0.2, 0.25) is 5.02 Å². The van der Waals surface area contributed by atoms with Crippen LogP contribution in [0.15, 0.2) is 77.9 Å². The highest BCUT2D eigenvalue weighted by molar-refractivity contribution is 6.39. The zero-order valence-electron chi connectivity index (χ0n) is 15.6. The van der Waals surface area contributed by atoms with Crippen LogP contribution >= 0.6 is 11.6 Å². The molecule has 0 saturated carbocycles. The number of anilines is 1. The maximum Gasteiger partial charge on any atom is 0.329 e. The predicted octanol–water partition coefficient (Wildman–Crippen LogP) is 4.53. The van der Waals surface area contributed by atoms with Gasteiger partial charge in [-0.3, -0.25) is 9.59 Å². The van der Waals surface area contributed by atoms with Crippen LogP contribution < -0.4 is 15.5 Å². The standard InChI is InChI=1S/C22H18ClN3O3/c1-15-5-9-18(10-6-15)25-21(27)22(28)26-24-14-16-3-2-4-20(13-16)29-19-11-7-17(23)8-12-19/h2-14H,1H3,(H,25,27)(H,26,28)/b24-14-. The second kappa shape index (κ2) is 9.52. The van der Waals surface area contributed by atoms with E-state index in [2.05, 4.69) is 15.8 Å². The minimum atomic E-state index is -0.865. The quantitative estimate of drug-likeness (QED) is 0.370. The van der Waals surface area contributed by atoms with Crippen molar-refractivity contribution in [3.63, 3.8) is 0 Å². The van der Waals surface area contributed by atoms with E-state index in [4.69, 9.17) is 16.3 Å². The minimum Gasteiger partial charge on any atom is -0.457 e. The molecule has 0 aliphatic carbocycles. The fourth-order valence-corrected chi connectivity index (χ4v) is 2.46. The fourth-order valence-electron chi connectivity index (χ4n) is 2.34. The molecular formula is C22H18ClN3O3. The molecule has 0 spiro atoms. The molecule has 3 aromatic carbocycles. The van der Waals surface area contributed by atoms with Gasteiger partial charge in [-0.05, 0) is 61.0 Å². The van der Waals surface area contributed by atoms with E-state index in [0.717, 1.165) is 5.56 Å². The number of carbonyl (C=O) groups excluding carboxylic acids is 2. The van der Waals surface area contributed by atoms with E-state index in [1.807, 2.05) is 19.1 Å². The van der Waals surface area contributed by atoms with Gasteiger partial charge in [-0.25, -0.2) is 5.43 Å². The van der Waals surface area contributed by atoms with Crippen molar-refractivity contribution in [2.75, 3.05) is 5.32 Å². The van der Waals surface area contributed by atoms with Crippen molar-refractivity contribution in [1.29, 1.82) is 0 Å². The summed E-state index contributed by atoms with van der Waals surface area (Å²) in [6.07, 6.45) is 1.42. The van der Waals surface area contributed by atoms with Crippen LogP contribution in [0, 0.1) is 6.92 Å². The molecule has 3 aromatic rings. The topological polar surface area (TPSA) is 79.8 Å². The first kappa shape index (κ1) is 20.1. The van der Waals surface area contributed by atoms with Gasteiger partial charge < -0.3 is 10.1 Å². The molecule has 0 radical (unpaired) electrons. The third-order valence-electron chi connectivity index (χ3n) is 3.80. The Morgan fingerprint density at radius 1 is 0.931 bits per heavy atom. The van der Waals surface area contributed by atoms with Gasteiger partial charge in [0.05, 0.1) is 6.21 Å². The fraction of sp³-hybridized carbons (Fsp3) is 0.0455. The Kier molecular flexibility index (Phi) is 6.60. The van der Waals surface area contributed by atoms with Gasteiger partial charge in [0.2, 0.25) is 0 Å². The Morgan fingerprint density at radius 3 is 2.38 bits per heavy atom. The summed E-state index contributed by atoms with van der Waals surface area (Å²) in [4.78, 5) is 23.8. The van der Waals surface area contributed by atoms with E-state index in [0.29, 0.717) is 27.8 Å². The third kappa shape index (κ3) is 6.19. The summed E-state index contributed by atoms with van der Waals surface area (Å²) in [6.45, 7) is 1.93. The SMILES string of the molecule is Cc1ccc(NC(=O)C(=O)N/N=C\c2cccc(Oc3ccc(Cl)cc3)c2)cc1. The van der Waals surface area contributed by atoms with Crippen LogP contribution in [0.3, 0.4) is 0 Å². The van der Waals surface area contributed by atoms with Gasteiger partial charge in [-0.2, -0.15) is 5.10 Å². The number of aryl methyl sites for hydroxylation is 1. The first-order chi connectivity index (χ1) is 14.0. The minimum absolute atomic E-state index is 0.534. The Balaban J connectivity index is 1.55. The smallest absolute Gasteiger partial charge is 0.329 e. The lowest BCUT2D eigenvalue weighted by molar-refractivity contribution is -0.136. The van der Waals surface area contributed by atoms with Crippen molar-refractivity contribution >= 4 is 35.3 Å². The third-order valence-corrected chi connectivity index (χ3v) is 4.05. The number of carbonyl (C=O) groups is 2. The Hall–Kier alpha value is -3.64. The number of hydrogen-bond donors (Lipinski definition) is 2. The molecule has 146 valence electrons. The number of amides is 2. The van der Waals surface area contributed by atoms with Crippen LogP contribution in [-0.2, 0) is 9.59 Å². The van der Waals surface area contributed by atoms with Crippen molar-refractivity contribution in [2.24, 2.45) is 5.10 Å². The molecule has 6 nitrogen and oxygen atoms in total. The Morgan fingerprint density at radius 2 is 1.66 bits per heavy atom. The van der Waals surface area contributed by atoms with Crippen molar-refractivity contribution in [1.82, 2.24) is 5.43 Å². The van der Waals surface area contributed by atoms with Crippen LogP contribution in [-0.4, -0.2) is 18.0 Å². The van der Waals surface area contributed by atoms with Crippen molar-refractivity contribution < 1.29 is 14.3 Å². The number of nitrogens with one attached hydrogen (secondary N) is 2. The van der Waals surface area contributed by atoms with Crippen LogP contribution in [0.25, 0.3) is 0 Å². The van der Waals surface area contributed by atoms with Crippen LogP contribution in [0.4, 0.5) is 5.69 Å². The number of hydrogen-bond acceptors (Lipinski definition) is 4. The van der Waals surface area contributed by atoms with Gasteiger partial charge in [-0.15, -0.1) is 0 Å². The monoisotopic (exact) mass is 407 g/mol. The van der Waals surface area contributed by atoms with Gasteiger partial charge in [0.25, 0.3) is 0 Å². The molecule has 7 heteroatoms. The van der Waals surface area contributed by atoms with Crippen molar-refractivity contribution in [3.8, 4) is 11.5 Å². The predicted molar refractivity (Wildman–Crippen MR) is 114 cm³/mol. The molecule has 0 unspecified atom stereocenters. The molecule has 2 N–H and O–H groups in total. The molecule has 3 rings (SSSR count). The van der Waals surface area contributed by atoms with Crippen LogP contribution in [0.5, 0.6) is 11.5 Å². The van der Waals surface area contributed by atoms with Crippen molar-refractivity contribution in [2.45, 2.75) is 6.92 Å². The lowest BCUT2D eigenvalue weighted by Crippen LogP contribution is -2.32. The highest BCUT2D eigenvalue weighted by Gasteiger charge is 2.12. The zero-order chi connectivity index (χ0) is 20.6. The Labute approximate surface area is 173 Å². The second-order valence-corrected chi connectivity index (χ2v) is 6.58. The normalized spacial score (nSPS) is 10.6. The maximum atomic E-state index is 11.9. The summed E-state index contributed by atoms with van der Waals surface area (Å²) in [7, 11) is 0. The van der Waals surface area contributed by atoms with E-state index in [9.17, 15) is 9.59 Å². The number of rotatable bonds is 5. The van der Waals surface area contributed by atoms with Gasteiger partial charge >= 0.3 is 11.8 Å². The van der Waals surface area contributed by atoms with E-state index >= 15 is 0 Å². The maximum absolute atomic E-state index is 11.9. The summed E-state index contributed by atoms with van der Waals surface area (Å²) < 4.78 is 5.74. The zero-order valence-corrected chi connectivity index (χ0v) is 16.3. The summed E-state index contributed by atoms with van der Waals surface area (Å²) in [5, 5.41) is 6.95. The number of hydrazone groups is 1. The van der Waals surface area contributed by atoms with Gasteiger partial charge in [-0.1, -0.05) is 41.4 Å². The van der Waals surface area contributed by atoms with Crippen LogP contribution in [0.1, 0.15) is 11.1 Å². The van der Waals surface area contributed by atoms with Gasteiger partial charge in [0.1, 0.15) is 11.5 Å². The highest BCUT2D eigenvalue weighted by Crippen LogP contribution is 2.23. The number of benzene rings is 3. The largest absolute Gasteiger partial charge is 0.457 e. The summed E-state index contributed by atoms with van der Waals surface area (Å²) >= 11 is 5.86. The number of halogens is 1. The second-order valence-electron chi connectivity index (χ2n) is 6.15.